The van der Waals surface area contributed by atoms with Crippen molar-refractivity contribution in [2.45, 2.75) is 6.92 Å². The summed E-state index contributed by atoms with van der Waals surface area (Å²) in [7, 11) is 0. The lowest BCUT2D eigenvalue weighted by molar-refractivity contribution is 0.108. The molecule has 25 heavy (non-hydrogen) atoms. The van der Waals surface area contributed by atoms with Gasteiger partial charge in [-0.3, -0.25) is 4.79 Å². The van der Waals surface area contributed by atoms with Crippen molar-refractivity contribution in [3.63, 3.8) is 0 Å². The number of nitrogens with zero attached hydrogens (tertiary/aromatic N) is 1. The summed E-state index contributed by atoms with van der Waals surface area (Å²) < 4.78 is 0.884. The molecule has 1 aromatic heterocycles. The highest BCUT2D eigenvalue weighted by molar-refractivity contribution is 9.10. The summed E-state index contributed by atoms with van der Waals surface area (Å²) in [5.41, 5.74) is 4.15. The fourth-order valence-corrected chi connectivity index (χ4v) is 3.69. The van der Waals surface area contributed by atoms with Gasteiger partial charge in [-0.05, 0) is 59.1 Å². The van der Waals surface area contributed by atoms with Gasteiger partial charge in [0, 0.05) is 21.0 Å². The molecule has 0 aliphatic carbocycles. The molecule has 122 valence electrons. The van der Waals surface area contributed by atoms with E-state index in [4.69, 9.17) is 16.6 Å². The van der Waals surface area contributed by atoms with Gasteiger partial charge in [-0.1, -0.05) is 52.3 Å². The van der Waals surface area contributed by atoms with E-state index in [0.29, 0.717) is 5.56 Å². The Morgan fingerprint density at radius 3 is 2.48 bits per heavy atom. The average Bonchev–Trinajstić information content (AvgIpc) is 2.61. The number of aromatic nitrogens is 1. The molecule has 2 nitrogen and oxygen atoms in total. The van der Waals surface area contributed by atoms with Crippen LogP contribution >= 0.6 is 27.5 Å². The Hall–Kier alpha value is -2.23. The van der Waals surface area contributed by atoms with Crippen LogP contribution in [0.5, 0.6) is 0 Å². The molecule has 4 heteroatoms. The lowest BCUT2D eigenvalue weighted by Crippen LogP contribution is -1.96. The van der Waals surface area contributed by atoms with Gasteiger partial charge >= 0.3 is 0 Å². The van der Waals surface area contributed by atoms with Gasteiger partial charge in [0.05, 0.1) is 11.2 Å². The van der Waals surface area contributed by atoms with Crippen LogP contribution in [0.25, 0.3) is 32.9 Å². The van der Waals surface area contributed by atoms with Crippen molar-refractivity contribution in [1.82, 2.24) is 4.98 Å². The lowest BCUT2D eigenvalue weighted by atomic mass is 9.97. The predicted molar refractivity (Wildman–Crippen MR) is 107 cm³/mol. The molecule has 0 N–H and O–H groups in total. The third kappa shape index (κ3) is 2.84. The first kappa shape index (κ1) is 16.2. The first-order valence-corrected chi connectivity index (χ1v) is 9.00. The van der Waals surface area contributed by atoms with Crippen LogP contribution in [0.1, 0.15) is 15.9 Å². The maximum Gasteiger partial charge on any atom is 0.253 e. The third-order valence-corrected chi connectivity index (χ3v) is 5.10. The maximum absolute atomic E-state index is 12.0. The molecule has 0 saturated heterocycles. The molecule has 4 rings (SSSR count). The zero-order chi connectivity index (χ0) is 17.6. The van der Waals surface area contributed by atoms with Gasteiger partial charge in [-0.2, -0.15) is 0 Å². The van der Waals surface area contributed by atoms with E-state index in [-0.39, 0.29) is 0 Å². The van der Waals surface area contributed by atoms with Gasteiger partial charge in [0.1, 0.15) is 0 Å². The predicted octanol–water partition coefficient (Wildman–Crippen LogP) is 6.50. The molecular formula is C21H13BrClNO. The second kappa shape index (κ2) is 6.25. The number of hydrogen-bond acceptors (Lipinski definition) is 2. The summed E-state index contributed by atoms with van der Waals surface area (Å²) in [5.74, 6) is 0. The van der Waals surface area contributed by atoms with Crippen LogP contribution in [0.4, 0.5) is 0 Å². The third-order valence-electron chi connectivity index (χ3n) is 4.40. The number of aryl methyl sites for hydroxylation is 1. The van der Waals surface area contributed by atoms with Gasteiger partial charge in [0.25, 0.3) is 5.24 Å². The monoisotopic (exact) mass is 409 g/mol. The fourth-order valence-electron chi connectivity index (χ4n) is 3.17. The van der Waals surface area contributed by atoms with Crippen molar-refractivity contribution < 1.29 is 4.79 Å². The number of halogens is 2. The van der Waals surface area contributed by atoms with Crippen molar-refractivity contribution in [1.29, 1.82) is 0 Å². The van der Waals surface area contributed by atoms with Crippen molar-refractivity contribution in [3.8, 4) is 11.3 Å². The largest absolute Gasteiger partial charge is 0.276 e. The first-order valence-electron chi connectivity index (χ1n) is 7.83. The molecule has 0 atom stereocenters. The highest BCUT2D eigenvalue weighted by Gasteiger charge is 2.14. The normalized spacial score (nSPS) is 11.2. The fraction of sp³-hybridized carbons (Fsp3) is 0.0476. The Morgan fingerprint density at radius 1 is 0.960 bits per heavy atom. The molecule has 0 saturated carbocycles. The van der Waals surface area contributed by atoms with Gasteiger partial charge in [-0.15, -0.1) is 0 Å². The average molecular weight is 411 g/mol. The minimum absolute atomic E-state index is 0.465. The van der Waals surface area contributed by atoms with Crippen LogP contribution in [-0.2, 0) is 0 Å². The van der Waals surface area contributed by atoms with Gasteiger partial charge < -0.3 is 0 Å². The van der Waals surface area contributed by atoms with E-state index in [9.17, 15) is 4.79 Å². The van der Waals surface area contributed by atoms with E-state index in [1.807, 2.05) is 36.4 Å². The quantitative estimate of drug-likeness (QED) is 0.353. The number of hydrogen-bond donors (Lipinski definition) is 0. The molecule has 0 aliphatic heterocycles. The summed E-state index contributed by atoms with van der Waals surface area (Å²) in [6, 6.07) is 19.8. The summed E-state index contributed by atoms with van der Waals surface area (Å²) in [4.78, 5) is 16.8. The SMILES string of the molecule is Cc1ccc(-c2cc(C(=O)Cl)c3cc(Br)ccc3n2)c2ccccc12. The Balaban J connectivity index is 2.07. The highest BCUT2D eigenvalue weighted by Crippen LogP contribution is 2.33. The van der Waals surface area contributed by atoms with Crippen LogP contribution in [0.3, 0.4) is 0 Å². The Bertz CT molecular complexity index is 1150. The van der Waals surface area contributed by atoms with Gasteiger partial charge in [0.15, 0.2) is 0 Å². The minimum Gasteiger partial charge on any atom is -0.276 e. The second-order valence-electron chi connectivity index (χ2n) is 5.97. The van der Waals surface area contributed by atoms with Crippen molar-refractivity contribution in [3.05, 3.63) is 76.3 Å². The lowest BCUT2D eigenvalue weighted by Gasteiger charge is -2.11. The summed E-state index contributed by atoms with van der Waals surface area (Å²) in [6.45, 7) is 2.09. The van der Waals surface area contributed by atoms with E-state index in [1.165, 1.54) is 10.9 Å². The van der Waals surface area contributed by atoms with E-state index < -0.39 is 5.24 Å². The molecular weight excluding hydrogens is 398 g/mol. The topological polar surface area (TPSA) is 30.0 Å². The molecule has 3 aromatic carbocycles. The Kier molecular flexibility index (Phi) is 4.06. The zero-order valence-electron chi connectivity index (χ0n) is 13.4. The van der Waals surface area contributed by atoms with E-state index in [0.717, 1.165) is 32.0 Å². The smallest absolute Gasteiger partial charge is 0.253 e. The van der Waals surface area contributed by atoms with Crippen LogP contribution < -0.4 is 0 Å². The van der Waals surface area contributed by atoms with E-state index >= 15 is 0 Å². The number of carbonyl (C=O) groups excluding carboxylic acids is 1. The molecule has 0 spiro atoms. The molecule has 4 aromatic rings. The number of pyridine rings is 1. The summed E-state index contributed by atoms with van der Waals surface area (Å²) in [6.07, 6.45) is 0. The molecule has 0 amide bonds. The minimum atomic E-state index is -0.483. The van der Waals surface area contributed by atoms with Crippen molar-refractivity contribution in [2.75, 3.05) is 0 Å². The number of rotatable bonds is 2. The van der Waals surface area contributed by atoms with Crippen LogP contribution in [-0.4, -0.2) is 10.2 Å². The number of carbonyl (C=O) groups is 1. The summed E-state index contributed by atoms with van der Waals surface area (Å²) in [5, 5.41) is 2.55. The standard InChI is InChI=1S/C21H13BrClNO/c1-12-6-8-16(15-5-3-2-4-14(12)15)20-11-18(21(23)25)17-10-13(22)7-9-19(17)24-20/h2-11H,1H3. The highest BCUT2D eigenvalue weighted by atomic mass is 79.9. The molecule has 0 unspecified atom stereocenters. The van der Waals surface area contributed by atoms with Crippen molar-refractivity contribution in [2.24, 2.45) is 0 Å². The van der Waals surface area contributed by atoms with Crippen LogP contribution in [0.2, 0.25) is 0 Å². The van der Waals surface area contributed by atoms with E-state index in [2.05, 4.69) is 41.1 Å². The van der Waals surface area contributed by atoms with E-state index in [1.54, 1.807) is 6.07 Å². The van der Waals surface area contributed by atoms with Crippen LogP contribution in [0, 0.1) is 6.92 Å². The molecule has 1 heterocycles. The van der Waals surface area contributed by atoms with Gasteiger partial charge in [-0.25, -0.2) is 4.98 Å². The van der Waals surface area contributed by atoms with Crippen LogP contribution in [0.15, 0.2) is 65.1 Å². The number of fused-ring (bicyclic) bond motifs is 2. The maximum atomic E-state index is 12.0. The van der Waals surface area contributed by atoms with Crippen molar-refractivity contribution >= 4 is 54.4 Å². The second-order valence-corrected chi connectivity index (χ2v) is 7.22. The zero-order valence-corrected chi connectivity index (χ0v) is 15.7. The first-order chi connectivity index (χ1) is 12.0. The Labute approximate surface area is 158 Å². The Morgan fingerprint density at radius 2 is 1.72 bits per heavy atom. The molecule has 0 radical (unpaired) electrons. The molecule has 0 fully saturated rings. The molecule has 0 bridgehead atoms. The molecule has 0 aliphatic rings. The van der Waals surface area contributed by atoms with Gasteiger partial charge in [0.2, 0.25) is 0 Å². The number of benzene rings is 3. The summed E-state index contributed by atoms with van der Waals surface area (Å²) >= 11 is 9.29.